The fourth-order valence-electron chi connectivity index (χ4n) is 4.52. The van der Waals surface area contributed by atoms with Crippen LogP contribution in [0.5, 0.6) is 0 Å². The molecule has 2 fully saturated rings. The van der Waals surface area contributed by atoms with Crippen LogP contribution in [0.2, 0.25) is 0 Å². The van der Waals surface area contributed by atoms with Crippen LogP contribution in [0.15, 0.2) is 24.7 Å². The molecule has 1 aliphatic heterocycles. The van der Waals surface area contributed by atoms with E-state index in [1.807, 2.05) is 0 Å². The lowest BCUT2D eigenvalue weighted by Gasteiger charge is -2.25. The first-order chi connectivity index (χ1) is 16.1. The Hall–Kier alpha value is -3.14. The van der Waals surface area contributed by atoms with Gasteiger partial charge in [0.05, 0.1) is 16.5 Å². The molecule has 2 aliphatic rings. The maximum Gasteiger partial charge on any atom is 0.226 e. The summed E-state index contributed by atoms with van der Waals surface area (Å²) in [6.45, 7) is 1.33. The molecular formula is C23H26F2N6O2. The van der Waals surface area contributed by atoms with Gasteiger partial charge in [0.25, 0.3) is 0 Å². The van der Waals surface area contributed by atoms with Gasteiger partial charge in [0.2, 0.25) is 5.95 Å². The first kappa shape index (κ1) is 21.7. The number of hydrogen-bond donors (Lipinski definition) is 3. The molecule has 0 atom stereocenters. The lowest BCUT2D eigenvalue weighted by molar-refractivity contribution is 0.0904. The van der Waals surface area contributed by atoms with Crippen molar-refractivity contribution >= 4 is 28.5 Å². The van der Waals surface area contributed by atoms with Crippen LogP contribution in [0.4, 0.5) is 20.4 Å². The first-order valence-corrected chi connectivity index (χ1v) is 11.4. The van der Waals surface area contributed by atoms with E-state index in [0.717, 1.165) is 12.8 Å². The molecule has 0 aromatic carbocycles. The van der Waals surface area contributed by atoms with Gasteiger partial charge in [-0.3, -0.25) is 4.79 Å². The summed E-state index contributed by atoms with van der Waals surface area (Å²) < 4.78 is 33.6. The predicted octanol–water partition coefficient (Wildman–Crippen LogP) is 4.01. The molecule has 3 aromatic heterocycles. The number of carbonyl (C=O) groups excluding carboxylic acids is 1. The predicted molar refractivity (Wildman–Crippen MR) is 120 cm³/mol. The van der Waals surface area contributed by atoms with Crippen molar-refractivity contribution in [3.8, 4) is 0 Å². The highest BCUT2D eigenvalue weighted by molar-refractivity contribution is 6.18. The van der Waals surface area contributed by atoms with Crippen LogP contribution in [-0.2, 0) is 4.74 Å². The van der Waals surface area contributed by atoms with Crippen LogP contribution in [0, 0.1) is 5.95 Å². The van der Waals surface area contributed by atoms with Crippen molar-refractivity contribution < 1.29 is 18.3 Å². The van der Waals surface area contributed by atoms with Crippen LogP contribution in [0.3, 0.4) is 0 Å². The third-order valence-corrected chi connectivity index (χ3v) is 6.38. The Morgan fingerprint density at radius 3 is 2.52 bits per heavy atom. The van der Waals surface area contributed by atoms with E-state index in [1.54, 1.807) is 6.07 Å². The van der Waals surface area contributed by atoms with Gasteiger partial charge in [-0.05, 0) is 50.7 Å². The Morgan fingerprint density at radius 2 is 1.76 bits per heavy atom. The number of aromatic nitrogens is 4. The van der Waals surface area contributed by atoms with Crippen molar-refractivity contribution in [2.24, 2.45) is 0 Å². The number of halogens is 2. The second kappa shape index (κ2) is 9.38. The Morgan fingerprint density at radius 1 is 1.00 bits per heavy atom. The number of carbonyl (C=O) groups is 1. The van der Waals surface area contributed by atoms with E-state index in [4.69, 9.17) is 4.74 Å². The third kappa shape index (κ3) is 4.66. The van der Waals surface area contributed by atoms with Gasteiger partial charge in [-0.25, -0.2) is 19.3 Å². The number of anilines is 2. The Balaban J connectivity index is 1.38. The molecular weight excluding hydrogens is 430 g/mol. The van der Waals surface area contributed by atoms with Gasteiger partial charge in [0, 0.05) is 31.5 Å². The molecule has 33 heavy (non-hydrogen) atoms. The number of fused-ring (bicyclic) bond motifs is 1. The van der Waals surface area contributed by atoms with E-state index in [1.165, 1.54) is 18.6 Å². The fourth-order valence-corrected chi connectivity index (χ4v) is 4.52. The number of nitrogens with one attached hydrogen (secondary N) is 3. The highest BCUT2D eigenvalue weighted by Crippen LogP contribution is 2.28. The topological polar surface area (TPSA) is 105 Å². The summed E-state index contributed by atoms with van der Waals surface area (Å²) in [6.07, 6.45) is 6.17. The van der Waals surface area contributed by atoms with Crippen molar-refractivity contribution in [2.75, 3.05) is 23.8 Å². The standard InChI is InChI=1S/C23H26F2N6O2/c24-13-1-3-14(4-2-13)29-18-6-5-16(21(25)31-18)20(32)17-11-26-22-19(17)23(28-12-27-22)30-15-7-9-33-10-8-15/h5-6,11-15H,1-4,7-10H2,(H,29,31)(H2,26,27,28,30). The lowest BCUT2D eigenvalue weighted by Crippen LogP contribution is -2.28. The molecule has 0 unspecified atom stereocenters. The molecule has 3 N–H and O–H groups in total. The minimum Gasteiger partial charge on any atom is -0.381 e. The van der Waals surface area contributed by atoms with E-state index in [2.05, 4.69) is 30.6 Å². The molecule has 174 valence electrons. The smallest absolute Gasteiger partial charge is 0.226 e. The fraction of sp³-hybridized carbons (Fsp3) is 0.478. The van der Waals surface area contributed by atoms with Crippen molar-refractivity contribution in [3.63, 3.8) is 0 Å². The highest BCUT2D eigenvalue weighted by atomic mass is 19.1. The molecule has 0 amide bonds. The van der Waals surface area contributed by atoms with E-state index in [-0.39, 0.29) is 23.2 Å². The molecule has 3 aromatic rings. The Kier molecular flexibility index (Phi) is 6.17. The summed E-state index contributed by atoms with van der Waals surface area (Å²) in [5.74, 6) is -0.475. The van der Waals surface area contributed by atoms with Gasteiger partial charge in [0.1, 0.15) is 29.8 Å². The van der Waals surface area contributed by atoms with Crippen LogP contribution in [0.25, 0.3) is 11.0 Å². The van der Waals surface area contributed by atoms with Crippen molar-refractivity contribution in [2.45, 2.75) is 56.8 Å². The molecule has 8 nitrogen and oxygen atoms in total. The van der Waals surface area contributed by atoms with Gasteiger partial charge < -0.3 is 20.4 Å². The number of hydrogen-bond acceptors (Lipinski definition) is 7. The van der Waals surface area contributed by atoms with Gasteiger partial charge in [-0.1, -0.05) is 0 Å². The first-order valence-electron chi connectivity index (χ1n) is 11.4. The maximum absolute atomic E-state index is 14.9. The monoisotopic (exact) mass is 456 g/mol. The number of pyridine rings is 1. The number of nitrogens with zero attached hydrogens (tertiary/aromatic N) is 3. The molecule has 10 heteroatoms. The highest BCUT2D eigenvalue weighted by Gasteiger charge is 2.25. The zero-order valence-corrected chi connectivity index (χ0v) is 18.1. The molecule has 5 rings (SSSR count). The van der Waals surface area contributed by atoms with Crippen LogP contribution >= 0.6 is 0 Å². The number of ketones is 1. The summed E-state index contributed by atoms with van der Waals surface area (Å²) in [6, 6.07) is 3.24. The Bertz CT molecular complexity index is 1140. The molecule has 1 saturated heterocycles. The van der Waals surface area contributed by atoms with Crippen molar-refractivity contribution in [1.82, 2.24) is 19.9 Å². The SMILES string of the molecule is O=C(c1ccc(NC2CCC(F)CC2)nc1F)c1c[nH]c2ncnc(NC3CCOCC3)c12. The Labute approximate surface area is 189 Å². The van der Waals surface area contributed by atoms with Gasteiger partial charge in [-0.15, -0.1) is 0 Å². The molecule has 1 saturated carbocycles. The van der Waals surface area contributed by atoms with Gasteiger partial charge in [-0.2, -0.15) is 4.39 Å². The number of rotatable bonds is 6. The minimum absolute atomic E-state index is 0.0510. The number of aromatic amines is 1. The second-order valence-electron chi connectivity index (χ2n) is 8.64. The second-order valence-corrected chi connectivity index (χ2v) is 8.64. The zero-order valence-electron chi connectivity index (χ0n) is 18.1. The maximum atomic E-state index is 14.9. The average molecular weight is 456 g/mol. The third-order valence-electron chi connectivity index (χ3n) is 6.38. The number of H-pyrrole nitrogens is 1. The van der Waals surface area contributed by atoms with Gasteiger partial charge in [0.15, 0.2) is 5.78 Å². The van der Waals surface area contributed by atoms with E-state index in [0.29, 0.717) is 61.6 Å². The van der Waals surface area contributed by atoms with Crippen LogP contribution in [0.1, 0.15) is 54.4 Å². The molecule has 0 bridgehead atoms. The molecule has 0 spiro atoms. The van der Waals surface area contributed by atoms with Gasteiger partial charge >= 0.3 is 0 Å². The largest absolute Gasteiger partial charge is 0.381 e. The summed E-state index contributed by atoms with van der Waals surface area (Å²) >= 11 is 0. The summed E-state index contributed by atoms with van der Waals surface area (Å²) in [4.78, 5) is 28.7. The minimum atomic E-state index is -0.852. The quantitative estimate of drug-likeness (QED) is 0.380. The molecule has 0 radical (unpaired) electrons. The van der Waals surface area contributed by atoms with E-state index >= 15 is 0 Å². The van der Waals surface area contributed by atoms with Crippen molar-refractivity contribution in [1.29, 1.82) is 0 Å². The zero-order chi connectivity index (χ0) is 22.8. The van der Waals surface area contributed by atoms with Crippen molar-refractivity contribution in [3.05, 3.63) is 41.7 Å². The molecule has 1 aliphatic carbocycles. The lowest BCUT2D eigenvalue weighted by atomic mass is 9.94. The summed E-state index contributed by atoms with van der Waals surface area (Å²) in [7, 11) is 0. The van der Waals surface area contributed by atoms with E-state index < -0.39 is 17.9 Å². The van der Waals surface area contributed by atoms with Crippen LogP contribution in [-0.4, -0.2) is 57.2 Å². The normalized spacial score (nSPS) is 21.8. The summed E-state index contributed by atoms with van der Waals surface area (Å²) in [5.41, 5.74) is 0.649. The van der Waals surface area contributed by atoms with Crippen LogP contribution < -0.4 is 10.6 Å². The average Bonchev–Trinajstić information content (AvgIpc) is 3.26. The molecule has 4 heterocycles. The number of alkyl halides is 1. The number of ether oxygens (including phenoxy) is 1. The summed E-state index contributed by atoms with van der Waals surface area (Å²) in [5, 5.41) is 7.06. The van der Waals surface area contributed by atoms with E-state index in [9.17, 15) is 13.6 Å².